The second kappa shape index (κ2) is 8.21. The van der Waals surface area contributed by atoms with E-state index >= 15 is 0 Å². The average molecular weight is 395 g/mol. The number of anilines is 1. The zero-order valence-corrected chi connectivity index (χ0v) is 15.3. The molecule has 3 rings (SSSR count). The van der Waals surface area contributed by atoms with Crippen molar-refractivity contribution in [2.45, 2.75) is 13.0 Å². The summed E-state index contributed by atoms with van der Waals surface area (Å²) >= 11 is 0. The molecule has 1 atom stereocenters. The molecule has 0 aliphatic rings. The van der Waals surface area contributed by atoms with Gasteiger partial charge in [-0.05, 0) is 25.1 Å². The number of benzene rings is 1. The number of hydrogen-bond donors (Lipinski definition) is 4. The van der Waals surface area contributed by atoms with Crippen LogP contribution in [0.3, 0.4) is 0 Å². The molecule has 2 aromatic heterocycles. The molecule has 0 aliphatic heterocycles. The first-order chi connectivity index (χ1) is 13.9. The number of aliphatic carboxylic acids is 1. The lowest BCUT2D eigenvalue weighted by atomic mass is 10.2. The lowest BCUT2D eigenvalue weighted by Gasteiger charge is -2.09. The first-order valence-corrected chi connectivity index (χ1v) is 8.46. The molecule has 3 aromatic rings. The molecule has 0 spiro atoms. The Labute approximate surface area is 164 Å². The summed E-state index contributed by atoms with van der Waals surface area (Å²) in [6.07, 6.45) is 3.91. The molecule has 10 nitrogen and oxygen atoms in total. The second-order valence-corrected chi connectivity index (χ2v) is 5.96. The van der Waals surface area contributed by atoms with E-state index in [-0.39, 0.29) is 22.9 Å². The van der Waals surface area contributed by atoms with Gasteiger partial charge in [0.2, 0.25) is 11.8 Å². The number of H-pyrrole nitrogens is 1. The van der Waals surface area contributed by atoms with Crippen molar-refractivity contribution in [3.05, 3.63) is 54.9 Å². The van der Waals surface area contributed by atoms with Crippen molar-refractivity contribution in [3.8, 4) is 11.6 Å². The maximum atomic E-state index is 12.3. The highest BCUT2D eigenvalue weighted by atomic mass is 16.5. The van der Waals surface area contributed by atoms with Gasteiger partial charge < -0.3 is 25.5 Å². The highest BCUT2D eigenvalue weighted by Crippen LogP contribution is 2.24. The topological polar surface area (TPSA) is 146 Å². The lowest BCUT2D eigenvalue weighted by Crippen LogP contribution is -2.38. The van der Waals surface area contributed by atoms with Crippen LogP contribution in [-0.2, 0) is 9.59 Å². The van der Waals surface area contributed by atoms with E-state index in [0.717, 1.165) is 6.08 Å². The van der Waals surface area contributed by atoms with E-state index in [0.29, 0.717) is 17.1 Å². The molecular weight excluding hydrogens is 378 g/mol. The Morgan fingerprint density at radius 1 is 1.34 bits per heavy atom. The Kier molecular flexibility index (Phi) is 5.54. The number of ether oxygens (including phenoxy) is 1. The van der Waals surface area contributed by atoms with E-state index in [4.69, 9.17) is 9.84 Å². The van der Waals surface area contributed by atoms with Crippen molar-refractivity contribution in [1.29, 1.82) is 0 Å². The summed E-state index contributed by atoms with van der Waals surface area (Å²) < 4.78 is 5.68. The summed E-state index contributed by atoms with van der Waals surface area (Å²) in [6, 6.07) is 5.55. The van der Waals surface area contributed by atoms with Gasteiger partial charge in [0.15, 0.2) is 5.65 Å². The van der Waals surface area contributed by atoms with Crippen LogP contribution >= 0.6 is 0 Å². The molecule has 0 unspecified atom stereocenters. The fourth-order valence-corrected chi connectivity index (χ4v) is 2.38. The summed E-state index contributed by atoms with van der Waals surface area (Å²) in [5.41, 5.74) is 1.22. The Balaban J connectivity index is 1.84. The quantitative estimate of drug-likeness (QED) is 0.448. The van der Waals surface area contributed by atoms with Crippen LogP contribution in [-0.4, -0.2) is 43.9 Å². The minimum absolute atomic E-state index is 0.115. The number of carbonyl (C=O) groups is 3. The van der Waals surface area contributed by atoms with Crippen LogP contribution in [0.4, 0.5) is 5.69 Å². The smallest absolute Gasteiger partial charge is 0.325 e. The number of amides is 2. The normalized spacial score (nSPS) is 11.5. The van der Waals surface area contributed by atoms with Crippen LogP contribution in [0.15, 0.2) is 49.3 Å². The molecule has 4 N–H and O–H groups in total. The Morgan fingerprint density at radius 3 is 2.86 bits per heavy atom. The Bertz CT molecular complexity index is 1110. The van der Waals surface area contributed by atoms with E-state index in [9.17, 15) is 14.4 Å². The van der Waals surface area contributed by atoms with E-state index in [1.165, 1.54) is 19.3 Å². The van der Waals surface area contributed by atoms with Crippen LogP contribution < -0.4 is 15.4 Å². The fraction of sp³-hybridized carbons (Fsp3) is 0.105. The SMILES string of the molecule is C=CC(=O)Nc1cccc(Oc2cnc3[nH]cc(C(=O)N[C@@H](C)C(=O)O)c3n2)c1. The zero-order valence-electron chi connectivity index (χ0n) is 15.3. The van der Waals surface area contributed by atoms with Gasteiger partial charge in [0.1, 0.15) is 17.3 Å². The Hall–Kier alpha value is -4.21. The number of carboxylic acid groups (broad SMARTS) is 1. The lowest BCUT2D eigenvalue weighted by molar-refractivity contribution is -0.138. The summed E-state index contributed by atoms with van der Waals surface area (Å²) in [6.45, 7) is 4.75. The molecule has 10 heteroatoms. The van der Waals surface area contributed by atoms with Crippen molar-refractivity contribution < 1.29 is 24.2 Å². The molecule has 2 amide bonds. The summed E-state index contributed by atoms with van der Waals surface area (Å²) in [5.74, 6) is -1.61. The summed E-state index contributed by atoms with van der Waals surface area (Å²) in [7, 11) is 0. The number of fused-ring (bicyclic) bond motifs is 1. The van der Waals surface area contributed by atoms with Crippen LogP contribution in [0.2, 0.25) is 0 Å². The number of aromatic nitrogens is 3. The highest BCUT2D eigenvalue weighted by molar-refractivity contribution is 6.05. The van der Waals surface area contributed by atoms with Crippen molar-refractivity contribution in [2.24, 2.45) is 0 Å². The molecule has 2 heterocycles. The molecule has 0 radical (unpaired) electrons. The number of rotatable bonds is 7. The highest BCUT2D eigenvalue weighted by Gasteiger charge is 2.20. The largest absolute Gasteiger partial charge is 0.480 e. The molecule has 0 fully saturated rings. The van der Waals surface area contributed by atoms with Gasteiger partial charge in [-0.1, -0.05) is 12.6 Å². The average Bonchev–Trinajstić information content (AvgIpc) is 3.11. The number of carbonyl (C=O) groups excluding carboxylic acids is 2. The van der Waals surface area contributed by atoms with E-state index < -0.39 is 17.9 Å². The van der Waals surface area contributed by atoms with Gasteiger partial charge in [0.25, 0.3) is 5.91 Å². The molecule has 29 heavy (non-hydrogen) atoms. The third kappa shape index (κ3) is 4.56. The number of carboxylic acids is 1. The van der Waals surface area contributed by atoms with Crippen LogP contribution in [0.5, 0.6) is 11.6 Å². The molecule has 1 aromatic carbocycles. The molecule has 148 valence electrons. The number of nitrogens with one attached hydrogen (secondary N) is 3. The van der Waals surface area contributed by atoms with Gasteiger partial charge in [-0.2, -0.15) is 0 Å². The van der Waals surface area contributed by atoms with E-state index in [2.05, 4.69) is 32.2 Å². The van der Waals surface area contributed by atoms with E-state index in [1.54, 1.807) is 24.3 Å². The van der Waals surface area contributed by atoms with Gasteiger partial charge in [-0.15, -0.1) is 0 Å². The van der Waals surface area contributed by atoms with Crippen molar-refractivity contribution in [1.82, 2.24) is 20.3 Å². The molecule has 0 aliphatic carbocycles. The number of hydrogen-bond acceptors (Lipinski definition) is 6. The van der Waals surface area contributed by atoms with Gasteiger partial charge in [-0.25, -0.2) is 9.97 Å². The summed E-state index contributed by atoms with van der Waals surface area (Å²) in [5, 5.41) is 13.9. The van der Waals surface area contributed by atoms with Crippen LogP contribution in [0, 0.1) is 0 Å². The third-order valence-corrected chi connectivity index (χ3v) is 3.83. The molecule has 0 saturated carbocycles. The zero-order chi connectivity index (χ0) is 21.0. The van der Waals surface area contributed by atoms with Crippen molar-refractivity contribution >= 4 is 34.6 Å². The van der Waals surface area contributed by atoms with Crippen LogP contribution in [0.25, 0.3) is 11.2 Å². The van der Waals surface area contributed by atoms with Gasteiger partial charge in [0, 0.05) is 18.0 Å². The van der Waals surface area contributed by atoms with Crippen molar-refractivity contribution in [3.63, 3.8) is 0 Å². The predicted molar refractivity (Wildman–Crippen MR) is 104 cm³/mol. The first-order valence-electron chi connectivity index (χ1n) is 8.46. The maximum absolute atomic E-state index is 12.3. The summed E-state index contributed by atoms with van der Waals surface area (Å²) in [4.78, 5) is 45.9. The van der Waals surface area contributed by atoms with Gasteiger partial charge in [-0.3, -0.25) is 14.4 Å². The Morgan fingerprint density at radius 2 is 2.14 bits per heavy atom. The molecule has 0 bridgehead atoms. The second-order valence-electron chi connectivity index (χ2n) is 5.96. The number of nitrogens with zero attached hydrogens (tertiary/aromatic N) is 2. The minimum atomic E-state index is -1.16. The standard InChI is InChI=1S/C19H17N5O5/c1-3-14(25)23-11-5-4-6-12(7-11)29-15-9-21-17-16(24-15)13(8-20-17)18(26)22-10(2)19(27)28/h3-10H,1H2,2H3,(H,20,21)(H,22,26)(H,23,25)(H,27,28)/t10-/m0/s1. The fourth-order valence-electron chi connectivity index (χ4n) is 2.38. The van der Waals surface area contributed by atoms with Crippen molar-refractivity contribution in [2.75, 3.05) is 5.32 Å². The van der Waals surface area contributed by atoms with Gasteiger partial charge in [0.05, 0.1) is 11.8 Å². The van der Waals surface area contributed by atoms with Gasteiger partial charge >= 0.3 is 5.97 Å². The molecular formula is C19H17N5O5. The third-order valence-electron chi connectivity index (χ3n) is 3.83. The molecule has 0 saturated heterocycles. The number of aromatic amines is 1. The predicted octanol–water partition coefficient (Wildman–Crippen LogP) is 2.08. The van der Waals surface area contributed by atoms with E-state index in [1.807, 2.05) is 0 Å². The minimum Gasteiger partial charge on any atom is -0.480 e. The van der Waals surface area contributed by atoms with Crippen LogP contribution in [0.1, 0.15) is 17.3 Å². The maximum Gasteiger partial charge on any atom is 0.325 e. The first kappa shape index (κ1) is 19.5. The monoisotopic (exact) mass is 395 g/mol.